The van der Waals surface area contributed by atoms with E-state index >= 15 is 0 Å². The summed E-state index contributed by atoms with van der Waals surface area (Å²) in [5.41, 5.74) is 0.191. The summed E-state index contributed by atoms with van der Waals surface area (Å²) in [5, 5.41) is 5.03. The van der Waals surface area contributed by atoms with Gasteiger partial charge >= 0.3 is 0 Å². The van der Waals surface area contributed by atoms with Crippen molar-refractivity contribution in [3.63, 3.8) is 0 Å². The van der Waals surface area contributed by atoms with Crippen molar-refractivity contribution in [1.82, 2.24) is 10.2 Å². The quantitative estimate of drug-likeness (QED) is 0.855. The summed E-state index contributed by atoms with van der Waals surface area (Å²) in [6, 6.07) is 9.54. The van der Waals surface area contributed by atoms with Gasteiger partial charge in [0.05, 0.1) is 12.5 Å². The summed E-state index contributed by atoms with van der Waals surface area (Å²) in [6.07, 6.45) is 1.52. The van der Waals surface area contributed by atoms with Crippen molar-refractivity contribution in [2.75, 3.05) is 26.3 Å². The van der Waals surface area contributed by atoms with E-state index in [0.717, 1.165) is 17.7 Å². The molecule has 2 amide bonds. The third kappa shape index (κ3) is 3.82. The molecule has 1 spiro atoms. The van der Waals surface area contributed by atoms with Crippen LogP contribution < -0.4 is 5.32 Å². The lowest BCUT2D eigenvalue weighted by molar-refractivity contribution is -0.130. The van der Waals surface area contributed by atoms with Crippen molar-refractivity contribution in [2.24, 2.45) is 11.3 Å². The van der Waals surface area contributed by atoms with Crippen LogP contribution in [0.15, 0.2) is 41.8 Å². The highest BCUT2D eigenvalue weighted by Gasteiger charge is 2.51. The number of amides is 2. The van der Waals surface area contributed by atoms with Gasteiger partial charge in [0, 0.05) is 42.2 Å². The number of hydrogen-bond donors (Lipinski definition) is 1. The average Bonchev–Trinajstić information content (AvgIpc) is 3.35. The van der Waals surface area contributed by atoms with E-state index in [0.29, 0.717) is 38.4 Å². The highest BCUT2D eigenvalue weighted by molar-refractivity contribution is 7.09. The summed E-state index contributed by atoms with van der Waals surface area (Å²) in [7, 11) is 0. The predicted octanol–water partition coefficient (Wildman–Crippen LogP) is 3.07. The Labute approximate surface area is 167 Å². The highest BCUT2D eigenvalue weighted by atomic mass is 32.1. The minimum atomic E-state index is -0.371. The maximum atomic E-state index is 13.2. The Morgan fingerprint density at radius 2 is 1.96 bits per heavy atom. The molecule has 28 heavy (non-hydrogen) atoms. The number of rotatable bonds is 4. The van der Waals surface area contributed by atoms with Gasteiger partial charge in [-0.25, -0.2) is 4.39 Å². The minimum absolute atomic E-state index is 0.00953. The lowest BCUT2D eigenvalue weighted by Gasteiger charge is -2.37. The molecule has 0 unspecified atom stereocenters. The molecule has 0 bridgehead atoms. The number of nitrogens with zero attached hydrogens (tertiary/aromatic N) is 1. The fraction of sp³-hybridized carbons (Fsp3) is 0.429. The number of ether oxygens (including phenoxy) is 1. The molecule has 0 saturated carbocycles. The van der Waals surface area contributed by atoms with E-state index in [1.165, 1.54) is 24.3 Å². The van der Waals surface area contributed by atoms with E-state index in [1.54, 1.807) is 16.2 Å². The Balaban J connectivity index is 1.51. The summed E-state index contributed by atoms with van der Waals surface area (Å²) in [4.78, 5) is 28.8. The molecule has 2 aliphatic heterocycles. The Kier molecular flexibility index (Phi) is 5.46. The number of halogens is 1. The van der Waals surface area contributed by atoms with E-state index < -0.39 is 0 Å². The SMILES string of the molecule is O=C(NCc1cccs1)[C@@H]1CN(C(=O)c2ccc(F)cc2)CC12CCOCC2. The molecule has 5 nitrogen and oxygen atoms in total. The second kappa shape index (κ2) is 8.01. The number of benzene rings is 1. The van der Waals surface area contributed by atoms with Gasteiger partial charge in [0.15, 0.2) is 0 Å². The first kappa shape index (κ1) is 19.1. The van der Waals surface area contributed by atoms with Crippen LogP contribution in [0.1, 0.15) is 28.1 Å². The summed E-state index contributed by atoms with van der Waals surface area (Å²) in [6.45, 7) is 2.63. The van der Waals surface area contributed by atoms with E-state index in [9.17, 15) is 14.0 Å². The topological polar surface area (TPSA) is 58.6 Å². The Bertz CT molecular complexity index is 832. The zero-order valence-electron chi connectivity index (χ0n) is 15.5. The van der Waals surface area contributed by atoms with Crippen LogP contribution in [-0.4, -0.2) is 43.0 Å². The number of hydrogen-bond acceptors (Lipinski definition) is 4. The van der Waals surface area contributed by atoms with Gasteiger partial charge in [-0.2, -0.15) is 0 Å². The standard InChI is InChI=1S/C21H23FN2O3S/c22-16-5-3-15(4-6-16)20(26)24-13-18(21(14-24)7-9-27-10-8-21)19(25)23-12-17-2-1-11-28-17/h1-6,11,18H,7-10,12-14H2,(H,23,25)/t18-/m0/s1. The van der Waals surface area contributed by atoms with Gasteiger partial charge in [-0.05, 0) is 48.6 Å². The third-order valence-electron chi connectivity index (χ3n) is 5.85. The van der Waals surface area contributed by atoms with E-state index in [-0.39, 0.29) is 29.0 Å². The highest BCUT2D eigenvalue weighted by Crippen LogP contribution is 2.44. The second-order valence-electron chi connectivity index (χ2n) is 7.52. The molecule has 0 aliphatic carbocycles. The molecule has 2 aliphatic rings. The zero-order valence-corrected chi connectivity index (χ0v) is 16.3. The zero-order chi connectivity index (χ0) is 19.6. The first-order chi connectivity index (χ1) is 13.6. The molecule has 7 heteroatoms. The molecular weight excluding hydrogens is 379 g/mol. The van der Waals surface area contributed by atoms with Crippen LogP contribution in [0.4, 0.5) is 4.39 Å². The fourth-order valence-corrected chi connectivity index (χ4v) is 4.90. The second-order valence-corrected chi connectivity index (χ2v) is 8.55. The van der Waals surface area contributed by atoms with Crippen LogP contribution in [-0.2, 0) is 16.1 Å². The number of nitrogens with one attached hydrogen (secondary N) is 1. The van der Waals surface area contributed by atoms with Crippen LogP contribution in [0.5, 0.6) is 0 Å². The average molecular weight is 402 g/mol. The van der Waals surface area contributed by atoms with Crippen LogP contribution in [0, 0.1) is 17.2 Å². The van der Waals surface area contributed by atoms with Crippen LogP contribution in [0.2, 0.25) is 0 Å². The van der Waals surface area contributed by atoms with Crippen molar-refractivity contribution in [1.29, 1.82) is 0 Å². The van der Waals surface area contributed by atoms with Gasteiger partial charge in [-0.3, -0.25) is 9.59 Å². The molecule has 1 N–H and O–H groups in total. The monoisotopic (exact) mass is 402 g/mol. The fourth-order valence-electron chi connectivity index (χ4n) is 4.25. The largest absolute Gasteiger partial charge is 0.381 e. The molecular formula is C21H23FN2O3S. The lowest BCUT2D eigenvalue weighted by Crippen LogP contribution is -2.44. The first-order valence-corrected chi connectivity index (χ1v) is 10.4. The minimum Gasteiger partial charge on any atom is -0.381 e. The summed E-state index contributed by atoms with van der Waals surface area (Å²) in [5.74, 6) is -0.797. The number of thiophene rings is 1. The van der Waals surface area contributed by atoms with Crippen molar-refractivity contribution >= 4 is 23.2 Å². The summed E-state index contributed by atoms with van der Waals surface area (Å²) >= 11 is 1.61. The molecule has 1 aromatic carbocycles. The maximum absolute atomic E-state index is 13.2. The number of carbonyl (C=O) groups is 2. The Hall–Kier alpha value is -2.25. The molecule has 0 radical (unpaired) electrons. The van der Waals surface area contributed by atoms with Gasteiger partial charge in [0.1, 0.15) is 5.82 Å². The van der Waals surface area contributed by atoms with Crippen molar-refractivity contribution in [3.8, 4) is 0 Å². The van der Waals surface area contributed by atoms with E-state index in [1.807, 2.05) is 17.5 Å². The van der Waals surface area contributed by atoms with Gasteiger partial charge in [-0.1, -0.05) is 6.07 Å². The third-order valence-corrected chi connectivity index (χ3v) is 6.72. The van der Waals surface area contributed by atoms with Crippen LogP contribution in [0.25, 0.3) is 0 Å². The molecule has 148 valence electrons. The van der Waals surface area contributed by atoms with Crippen molar-refractivity contribution in [2.45, 2.75) is 19.4 Å². The van der Waals surface area contributed by atoms with Gasteiger partial charge in [0.2, 0.25) is 5.91 Å². The molecule has 3 heterocycles. The van der Waals surface area contributed by atoms with Gasteiger partial charge in [0.25, 0.3) is 5.91 Å². The molecule has 1 aromatic heterocycles. The number of carbonyl (C=O) groups excluding carboxylic acids is 2. The normalized spacial score (nSPS) is 21.0. The molecule has 2 saturated heterocycles. The lowest BCUT2D eigenvalue weighted by atomic mass is 9.72. The maximum Gasteiger partial charge on any atom is 0.253 e. The molecule has 2 fully saturated rings. The van der Waals surface area contributed by atoms with Crippen molar-refractivity contribution < 1.29 is 18.7 Å². The smallest absolute Gasteiger partial charge is 0.253 e. The molecule has 2 aromatic rings. The van der Waals surface area contributed by atoms with E-state index in [2.05, 4.69) is 5.32 Å². The van der Waals surface area contributed by atoms with Crippen LogP contribution in [0.3, 0.4) is 0 Å². The first-order valence-electron chi connectivity index (χ1n) is 9.50. The number of likely N-dealkylation sites (tertiary alicyclic amines) is 1. The van der Waals surface area contributed by atoms with Gasteiger partial charge in [-0.15, -0.1) is 11.3 Å². The molecule has 4 rings (SSSR count). The molecule has 1 atom stereocenters. The predicted molar refractivity (Wildman–Crippen MR) is 104 cm³/mol. The van der Waals surface area contributed by atoms with Gasteiger partial charge < -0.3 is 15.0 Å². The summed E-state index contributed by atoms with van der Waals surface area (Å²) < 4.78 is 18.7. The van der Waals surface area contributed by atoms with Crippen LogP contribution >= 0.6 is 11.3 Å². The Morgan fingerprint density at radius 3 is 2.64 bits per heavy atom. The van der Waals surface area contributed by atoms with E-state index in [4.69, 9.17) is 4.74 Å². The van der Waals surface area contributed by atoms with Crippen molar-refractivity contribution in [3.05, 3.63) is 58.0 Å². The Morgan fingerprint density at radius 1 is 1.21 bits per heavy atom.